The Morgan fingerprint density at radius 3 is 2.59 bits per heavy atom. The summed E-state index contributed by atoms with van der Waals surface area (Å²) in [4.78, 5) is 12.1. The molecule has 17 heavy (non-hydrogen) atoms. The van der Waals surface area contributed by atoms with Crippen LogP contribution < -0.4 is 0 Å². The molecule has 0 saturated carbocycles. The Morgan fingerprint density at radius 2 is 2.00 bits per heavy atom. The average Bonchev–Trinajstić information content (AvgIpc) is 2.20. The van der Waals surface area contributed by atoms with Crippen molar-refractivity contribution in [3.8, 4) is 0 Å². The zero-order chi connectivity index (χ0) is 13.0. The van der Waals surface area contributed by atoms with Gasteiger partial charge in [-0.25, -0.2) is 0 Å². The van der Waals surface area contributed by atoms with Crippen molar-refractivity contribution in [1.82, 2.24) is 0 Å². The molecule has 0 radical (unpaired) electrons. The Kier molecular flexibility index (Phi) is 4.87. The van der Waals surface area contributed by atoms with Crippen LogP contribution in [-0.4, -0.2) is 22.0 Å². The second-order valence-electron chi connectivity index (χ2n) is 4.30. The zero-order valence-electron chi connectivity index (χ0n) is 10.6. The van der Waals surface area contributed by atoms with E-state index in [2.05, 4.69) is 0 Å². The number of ether oxygens (including phenoxy) is 1. The summed E-state index contributed by atoms with van der Waals surface area (Å²) in [6.07, 6.45) is -0.168. The third-order valence-corrected chi connectivity index (χ3v) is 3.63. The van der Waals surface area contributed by atoms with Crippen molar-refractivity contribution < 1.29 is 13.7 Å². The van der Waals surface area contributed by atoms with Crippen LogP contribution >= 0.6 is 0 Å². The summed E-state index contributed by atoms with van der Waals surface area (Å²) in [7, 11) is -1.33. The molecular formula is C13H18O3S. The minimum Gasteiger partial charge on any atom is -0.462 e. The summed E-state index contributed by atoms with van der Waals surface area (Å²) in [6.45, 7) is 7.38. The number of rotatable bonds is 4. The maximum absolute atomic E-state index is 12.0. The predicted molar refractivity (Wildman–Crippen MR) is 68.4 cm³/mol. The number of hydrogen-bond acceptors (Lipinski definition) is 3. The standard InChI is InChI=1S/C13H18O3S/c1-9(2)16-13(14)8-17(15)12-7-10(3)5-6-11(12)4/h5-7,9H,8H2,1-4H3. The monoisotopic (exact) mass is 254 g/mol. The lowest BCUT2D eigenvalue weighted by atomic mass is 10.2. The van der Waals surface area contributed by atoms with Crippen molar-refractivity contribution >= 4 is 16.8 Å². The lowest BCUT2D eigenvalue weighted by molar-refractivity contribution is -0.144. The smallest absolute Gasteiger partial charge is 0.319 e. The summed E-state index contributed by atoms with van der Waals surface area (Å²) >= 11 is 0. The highest BCUT2D eigenvalue weighted by atomic mass is 32.2. The highest BCUT2D eigenvalue weighted by Crippen LogP contribution is 2.15. The summed E-state index contributed by atoms with van der Waals surface area (Å²) in [5, 5.41) is 0. The molecule has 0 aliphatic heterocycles. The van der Waals surface area contributed by atoms with Gasteiger partial charge in [-0.3, -0.25) is 9.00 Å². The molecule has 0 fully saturated rings. The van der Waals surface area contributed by atoms with Gasteiger partial charge in [-0.2, -0.15) is 0 Å². The first-order valence-corrected chi connectivity index (χ1v) is 6.87. The lowest BCUT2D eigenvalue weighted by Crippen LogP contribution is -2.18. The molecule has 0 spiro atoms. The normalized spacial score (nSPS) is 12.5. The fraction of sp³-hybridized carbons (Fsp3) is 0.462. The van der Waals surface area contributed by atoms with Crippen molar-refractivity contribution in [3.63, 3.8) is 0 Å². The van der Waals surface area contributed by atoms with E-state index in [1.54, 1.807) is 13.8 Å². The Hall–Kier alpha value is -1.16. The second kappa shape index (κ2) is 5.96. The maximum Gasteiger partial charge on any atom is 0.319 e. The van der Waals surface area contributed by atoms with Gasteiger partial charge in [0.1, 0.15) is 5.75 Å². The zero-order valence-corrected chi connectivity index (χ0v) is 11.5. The SMILES string of the molecule is Cc1ccc(C)c(S(=O)CC(=O)OC(C)C)c1. The average molecular weight is 254 g/mol. The number of carbonyl (C=O) groups is 1. The highest BCUT2D eigenvalue weighted by Gasteiger charge is 2.14. The van der Waals surface area contributed by atoms with Gasteiger partial charge in [0.05, 0.1) is 16.9 Å². The molecule has 1 rings (SSSR count). The second-order valence-corrected chi connectivity index (χ2v) is 5.72. The predicted octanol–water partition coefficient (Wildman–Crippen LogP) is 2.36. The molecule has 1 atom stereocenters. The Balaban J connectivity index is 2.76. The van der Waals surface area contributed by atoms with Crippen molar-refractivity contribution in [2.24, 2.45) is 0 Å². The van der Waals surface area contributed by atoms with Gasteiger partial charge in [-0.1, -0.05) is 12.1 Å². The van der Waals surface area contributed by atoms with Crippen LogP contribution in [0, 0.1) is 13.8 Å². The van der Waals surface area contributed by atoms with Gasteiger partial charge in [0, 0.05) is 4.90 Å². The quantitative estimate of drug-likeness (QED) is 0.775. The molecule has 0 amide bonds. The van der Waals surface area contributed by atoms with Gasteiger partial charge < -0.3 is 4.74 Å². The van der Waals surface area contributed by atoms with Gasteiger partial charge in [-0.15, -0.1) is 0 Å². The molecule has 1 unspecified atom stereocenters. The molecule has 0 aliphatic rings. The molecule has 1 aromatic carbocycles. The third kappa shape index (κ3) is 4.30. The van der Waals surface area contributed by atoms with Gasteiger partial charge in [-0.05, 0) is 44.9 Å². The van der Waals surface area contributed by atoms with E-state index >= 15 is 0 Å². The third-order valence-electron chi connectivity index (χ3n) is 2.21. The molecule has 0 bridgehead atoms. The van der Waals surface area contributed by atoms with Crippen LogP contribution in [-0.2, 0) is 20.3 Å². The molecule has 0 heterocycles. The minimum atomic E-state index is -1.33. The summed E-state index contributed by atoms with van der Waals surface area (Å²) < 4.78 is 17.0. The molecular weight excluding hydrogens is 236 g/mol. The van der Waals surface area contributed by atoms with Crippen molar-refractivity contribution in [2.75, 3.05) is 5.75 Å². The number of aryl methyl sites for hydroxylation is 2. The Bertz CT molecular complexity index is 438. The largest absolute Gasteiger partial charge is 0.462 e. The molecule has 0 aromatic heterocycles. The molecule has 0 aliphatic carbocycles. The first-order chi connectivity index (χ1) is 7.90. The van der Waals surface area contributed by atoms with Crippen molar-refractivity contribution in [2.45, 2.75) is 38.7 Å². The molecule has 94 valence electrons. The van der Waals surface area contributed by atoms with Crippen LogP contribution in [0.2, 0.25) is 0 Å². The van der Waals surface area contributed by atoms with E-state index in [4.69, 9.17) is 4.74 Å². The van der Waals surface area contributed by atoms with Gasteiger partial charge >= 0.3 is 5.97 Å². The fourth-order valence-electron chi connectivity index (χ4n) is 1.43. The summed E-state index contributed by atoms with van der Waals surface area (Å²) in [5.41, 5.74) is 1.97. The number of benzene rings is 1. The van der Waals surface area contributed by atoms with Gasteiger partial charge in [0.15, 0.2) is 0 Å². The van der Waals surface area contributed by atoms with Crippen molar-refractivity contribution in [3.05, 3.63) is 29.3 Å². The summed E-state index contributed by atoms with van der Waals surface area (Å²) in [5.74, 6) is -0.498. The Labute approximate surface area is 105 Å². The van der Waals surface area contributed by atoms with E-state index in [0.717, 1.165) is 11.1 Å². The molecule has 0 N–H and O–H groups in total. The van der Waals surface area contributed by atoms with Gasteiger partial charge in [0.25, 0.3) is 0 Å². The van der Waals surface area contributed by atoms with Crippen LogP contribution in [0.3, 0.4) is 0 Å². The van der Waals surface area contributed by atoms with E-state index in [1.807, 2.05) is 32.0 Å². The first-order valence-electron chi connectivity index (χ1n) is 5.55. The van der Waals surface area contributed by atoms with Crippen molar-refractivity contribution in [1.29, 1.82) is 0 Å². The van der Waals surface area contributed by atoms with Crippen LogP contribution in [0.15, 0.2) is 23.1 Å². The number of hydrogen-bond donors (Lipinski definition) is 0. The highest BCUT2D eigenvalue weighted by molar-refractivity contribution is 7.85. The first kappa shape index (κ1) is 13.9. The topological polar surface area (TPSA) is 43.4 Å². The lowest BCUT2D eigenvalue weighted by Gasteiger charge is -2.09. The minimum absolute atomic E-state index is 0.0809. The molecule has 4 heteroatoms. The van der Waals surface area contributed by atoms with E-state index < -0.39 is 16.8 Å². The van der Waals surface area contributed by atoms with Gasteiger partial charge in [0.2, 0.25) is 0 Å². The number of carbonyl (C=O) groups excluding carboxylic acids is 1. The van der Waals surface area contributed by atoms with Crippen LogP contribution in [0.1, 0.15) is 25.0 Å². The van der Waals surface area contributed by atoms with E-state index in [0.29, 0.717) is 4.90 Å². The van der Waals surface area contributed by atoms with Crippen LogP contribution in [0.25, 0.3) is 0 Å². The fourth-order valence-corrected chi connectivity index (χ4v) is 2.62. The van der Waals surface area contributed by atoms with E-state index in [1.165, 1.54) is 0 Å². The van der Waals surface area contributed by atoms with E-state index in [9.17, 15) is 9.00 Å². The van der Waals surface area contributed by atoms with Crippen LogP contribution in [0.5, 0.6) is 0 Å². The summed E-state index contributed by atoms with van der Waals surface area (Å²) in [6, 6.07) is 5.73. The molecule has 1 aromatic rings. The molecule has 3 nitrogen and oxygen atoms in total. The van der Waals surface area contributed by atoms with Crippen LogP contribution in [0.4, 0.5) is 0 Å². The maximum atomic E-state index is 12.0. The molecule has 0 saturated heterocycles. The Morgan fingerprint density at radius 1 is 1.35 bits per heavy atom. The van der Waals surface area contributed by atoms with E-state index in [-0.39, 0.29) is 11.9 Å². The number of esters is 1.